The van der Waals surface area contributed by atoms with Gasteiger partial charge >= 0.3 is 5.97 Å². The molecule has 2 saturated carbocycles. The molecular formula is C16H20N2O4. The molecule has 0 aliphatic heterocycles. The lowest BCUT2D eigenvalue weighted by Gasteiger charge is -2.60. The second-order valence-electron chi connectivity index (χ2n) is 6.01. The predicted molar refractivity (Wildman–Crippen MR) is 78.8 cm³/mol. The maximum absolute atomic E-state index is 12.3. The summed E-state index contributed by atoms with van der Waals surface area (Å²) in [6.07, 6.45) is 4.37. The lowest BCUT2D eigenvalue weighted by Crippen LogP contribution is -2.67. The normalized spacial score (nSPS) is 25.1. The number of ether oxygens (including phenoxy) is 1. The number of pyridine rings is 1. The molecule has 2 N–H and O–H groups in total. The fourth-order valence-corrected chi connectivity index (χ4v) is 3.55. The number of nitrogens with one attached hydrogen (secondary N) is 1. The molecule has 1 aromatic heterocycles. The number of nitrogens with zero attached hydrogens (tertiary/aromatic N) is 1. The minimum absolute atomic E-state index is 0.0794. The summed E-state index contributed by atoms with van der Waals surface area (Å²) in [6, 6.07) is 4.55. The summed E-state index contributed by atoms with van der Waals surface area (Å²) in [6.45, 7) is 2.68. The van der Waals surface area contributed by atoms with Crippen LogP contribution < -0.4 is 5.32 Å². The first kappa shape index (κ1) is 15.0. The maximum atomic E-state index is 12.3. The van der Waals surface area contributed by atoms with Gasteiger partial charge < -0.3 is 15.2 Å². The van der Waals surface area contributed by atoms with E-state index < -0.39 is 5.97 Å². The zero-order valence-electron chi connectivity index (χ0n) is 12.5. The largest absolute Gasteiger partial charge is 0.477 e. The maximum Gasteiger partial charge on any atom is 0.354 e. The van der Waals surface area contributed by atoms with Crippen molar-refractivity contribution in [2.45, 2.75) is 44.8 Å². The molecule has 118 valence electrons. The van der Waals surface area contributed by atoms with Crippen LogP contribution in [0.15, 0.2) is 18.2 Å². The van der Waals surface area contributed by atoms with Gasteiger partial charge in [-0.1, -0.05) is 12.5 Å². The molecule has 2 aliphatic carbocycles. The van der Waals surface area contributed by atoms with Crippen LogP contribution in [0.4, 0.5) is 0 Å². The Labute approximate surface area is 128 Å². The lowest BCUT2D eigenvalue weighted by atomic mass is 9.51. The van der Waals surface area contributed by atoms with Gasteiger partial charge in [-0.05, 0) is 38.3 Å². The topological polar surface area (TPSA) is 88.5 Å². The first-order valence-corrected chi connectivity index (χ1v) is 7.69. The van der Waals surface area contributed by atoms with E-state index >= 15 is 0 Å². The third-order valence-electron chi connectivity index (χ3n) is 4.94. The van der Waals surface area contributed by atoms with E-state index in [-0.39, 0.29) is 34.9 Å². The lowest BCUT2D eigenvalue weighted by molar-refractivity contribution is -0.169. The molecule has 22 heavy (non-hydrogen) atoms. The Kier molecular flexibility index (Phi) is 3.87. The molecular weight excluding hydrogens is 284 g/mol. The van der Waals surface area contributed by atoms with Crippen molar-refractivity contribution < 1.29 is 19.4 Å². The quantitative estimate of drug-likeness (QED) is 0.866. The van der Waals surface area contributed by atoms with Crippen LogP contribution >= 0.6 is 0 Å². The van der Waals surface area contributed by atoms with Gasteiger partial charge in [0.05, 0.1) is 6.10 Å². The molecule has 3 rings (SSSR count). The van der Waals surface area contributed by atoms with E-state index in [9.17, 15) is 9.59 Å². The Hall–Kier alpha value is -1.95. The van der Waals surface area contributed by atoms with Gasteiger partial charge in [-0.25, -0.2) is 9.78 Å². The average molecular weight is 304 g/mol. The highest BCUT2D eigenvalue weighted by molar-refractivity contribution is 5.94. The van der Waals surface area contributed by atoms with Crippen LogP contribution in [0, 0.1) is 5.41 Å². The summed E-state index contributed by atoms with van der Waals surface area (Å²) < 4.78 is 5.76. The van der Waals surface area contributed by atoms with Crippen molar-refractivity contribution in [3.05, 3.63) is 29.6 Å². The van der Waals surface area contributed by atoms with Gasteiger partial charge in [-0.2, -0.15) is 0 Å². The van der Waals surface area contributed by atoms with Gasteiger partial charge in [-0.3, -0.25) is 4.79 Å². The van der Waals surface area contributed by atoms with Crippen molar-refractivity contribution in [1.82, 2.24) is 10.3 Å². The monoisotopic (exact) mass is 304 g/mol. The zero-order valence-corrected chi connectivity index (χ0v) is 12.5. The molecule has 1 spiro atoms. The van der Waals surface area contributed by atoms with Crippen molar-refractivity contribution in [3.63, 3.8) is 0 Å². The standard InChI is InChI=1S/C16H20N2O4/c1-2-22-13-9-12(16(13)7-4-8-16)18-14(19)10-5-3-6-11(17-10)15(20)21/h3,5-6,12-13H,2,4,7-9H2,1H3,(H,18,19)(H,20,21). The molecule has 2 aliphatic rings. The molecule has 6 nitrogen and oxygen atoms in total. The van der Waals surface area contributed by atoms with E-state index in [1.165, 1.54) is 24.6 Å². The summed E-state index contributed by atoms with van der Waals surface area (Å²) in [5.74, 6) is -1.44. The SMILES string of the molecule is CCOC1CC(NC(=O)c2cccc(C(=O)O)n2)C12CCC2. The van der Waals surface area contributed by atoms with Crippen molar-refractivity contribution in [3.8, 4) is 0 Å². The van der Waals surface area contributed by atoms with Crippen molar-refractivity contribution >= 4 is 11.9 Å². The molecule has 0 bridgehead atoms. The summed E-state index contributed by atoms with van der Waals surface area (Å²) in [5.41, 5.74) is 0.108. The van der Waals surface area contributed by atoms with Crippen LogP contribution in [-0.4, -0.2) is 40.7 Å². The number of hydrogen-bond acceptors (Lipinski definition) is 4. The van der Waals surface area contributed by atoms with Gasteiger partial charge in [0, 0.05) is 18.1 Å². The van der Waals surface area contributed by atoms with Crippen LogP contribution in [0.5, 0.6) is 0 Å². The number of amides is 1. The van der Waals surface area contributed by atoms with Gasteiger partial charge in [0.25, 0.3) is 5.91 Å². The number of aromatic carboxylic acids is 1. The van der Waals surface area contributed by atoms with E-state index in [2.05, 4.69) is 10.3 Å². The Bertz CT molecular complexity index is 598. The highest BCUT2D eigenvalue weighted by Gasteiger charge is 2.59. The number of hydrogen-bond donors (Lipinski definition) is 2. The molecule has 0 saturated heterocycles. The number of rotatable bonds is 5. The summed E-state index contributed by atoms with van der Waals surface area (Å²) >= 11 is 0. The number of aromatic nitrogens is 1. The third-order valence-corrected chi connectivity index (χ3v) is 4.94. The predicted octanol–water partition coefficient (Wildman–Crippen LogP) is 1.86. The molecule has 1 aromatic rings. The molecule has 2 fully saturated rings. The van der Waals surface area contributed by atoms with Crippen LogP contribution in [0.1, 0.15) is 53.6 Å². The van der Waals surface area contributed by atoms with E-state index in [1.807, 2.05) is 6.92 Å². The van der Waals surface area contributed by atoms with Crippen molar-refractivity contribution in [2.24, 2.45) is 5.41 Å². The van der Waals surface area contributed by atoms with Crippen molar-refractivity contribution in [1.29, 1.82) is 0 Å². The van der Waals surface area contributed by atoms with Crippen molar-refractivity contribution in [2.75, 3.05) is 6.61 Å². The Morgan fingerprint density at radius 1 is 1.41 bits per heavy atom. The average Bonchev–Trinajstić information content (AvgIpc) is 2.44. The van der Waals surface area contributed by atoms with Gasteiger partial charge in [0.2, 0.25) is 0 Å². The summed E-state index contributed by atoms with van der Waals surface area (Å²) in [5, 5.41) is 11.9. The molecule has 0 radical (unpaired) electrons. The van der Waals surface area contributed by atoms with Gasteiger partial charge in [-0.15, -0.1) is 0 Å². The summed E-state index contributed by atoms with van der Waals surface area (Å²) in [7, 11) is 0. The van der Waals surface area contributed by atoms with E-state index in [4.69, 9.17) is 9.84 Å². The second-order valence-corrected chi connectivity index (χ2v) is 6.01. The fourth-order valence-electron chi connectivity index (χ4n) is 3.55. The number of carboxylic acid groups (broad SMARTS) is 1. The Morgan fingerprint density at radius 3 is 2.73 bits per heavy atom. The molecule has 2 atom stereocenters. The van der Waals surface area contributed by atoms with Crippen LogP contribution in [0.2, 0.25) is 0 Å². The zero-order chi connectivity index (χ0) is 15.7. The molecule has 1 amide bonds. The highest BCUT2D eigenvalue weighted by atomic mass is 16.5. The van der Waals surface area contributed by atoms with E-state index in [1.54, 1.807) is 0 Å². The molecule has 0 aromatic carbocycles. The Morgan fingerprint density at radius 2 is 2.14 bits per heavy atom. The first-order chi connectivity index (χ1) is 10.6. The molecule has 1 heterocycles. The minimum atomic E-state index is -1.13. The van der Waals surface area contributed by atoms with Gasteiger partial charge in [0.15, 0.2) is 0 Å². The van der Waals surface area contributed by atoms with E-state index in [0.29, 0.717) is 6.61 Å². The Balaban J connectivity index is 1.68. The second kappa shape index (κ2) is 5.68. The highest BCUT2D eigenvalue weighted by Crippen LogP contribution is 2.57. The molecule has 2 unspecified atom stereocenters. The summed E-state index contributed by atoms with van der Waals surface area (Å²) in [4.78, 5) is 27.1. The van der Waals surface area contributed by atoms with Crippen LogP contribution in [0.3, 0.4) is 0 Å². The fraction of sp³-hybridized carbons (Fsp3) is 0.562. The number of carboxylic acids is 1. The molecule has 6 heteroatoms. The minimum Gasteiger partial charge on any atom is -0.477 e. The van der Waals surface area contributed by atoms with E-state index in [0.717, 1.165) is 19.3 Å². The number of carbonyl (C=O) groups is 2. The van der Waals surface area contributed by atoms with Crippen LogP contribution in [0.25, 0.3) is 0 Å². The third kappa shape index (κ3) is 2.37. The van der Waals surface area contributed by atoms with Crippen LogP contribution in [-0.2, 0) is 4.74 Å². The van der Waals surface area contributed by atoms with Gasteiger partial charge in [0.1, 0.15) is 11.4 Å². The first-order valence-electron chi connectivity index (χ1n) is 7.69. The number of carbonyl (C=O) groups excluding carboxylic acids is 1. The smallest absolute Gasteiger partial charge is 0.354 e.